The van der Waals surface area contributed by atoms with Gasteiger partial charge < -0.3 is 10.1 Å². The number of hydrogen-bond donors (Lipinski definition) is 2. The summed E-state index contributed by atoms with van der Waals surface area (Å²) >= 11 is 0. The largest absolute Gasteiger partial charge is 0.492 e. The molecule has 0 aliphatic carbocycles. The molecule has 5 nitrogen and oxygen atoms in total. The molecule has 0 radical (unpaired) electrons. The highest BCUT2D eigenvalue weighted by Gasteiger charge is 2.19. The van der Waals surface area contributed by atoms with Crippen molar-refractivity contribution in [3.8, 4) is 5.75 Å². The van der Waals surface area contributed by atoms with Crippen LogP contribution in [-0.4, -0.2) is 39.4 Å². The van der Waals surface area contributed by atoms with Crippen LogP contribution >= 0.6 is 0 Å². The van der Waals surface area contributed by atoms with E-state index in [1.165, 1.54) is 0 Å². The molecular weight excluding hydrogens is 288 g/mol. The minimum absolute atomic E-state index is 0.266. The highest BCUT2D eigenvalue weighted by Crippen LogP contribution is 2.11. The summed E-state index contributed by atoms with van der Waals surface area (Å²) in [5.74, 6) is 0.753. The predicted octanol–water partition coefficient (Wildman–Crippen LogP) is 1.68. The zero-order chi connectivity index (χ0) is 15.9. The Kier molecular flexibility index (Phi) is 7.14. The maximum Gasteiger partial charge on any atom is 0.215 e. The lowest BCUT2D eigenvalue weighted by atomic mass is 10.2. The number of benzene rings is 1. The van der Waals surface area contributed by atoms with Crippen LogP contribution in [0.5, 0.6) is 5.75 Å². The molecular formula is C15H26N2O3S. The third-order valence-corrected chi connectivity index (χ3v) is 4.84. The minimum atomic E-state index is -3.31. The van der Waals surface area contributed by atoms with Gasteiger partial charge >= 0.3 is 0 Å². The highest BCUT2D eigenvalue weighted by atomic mass is 32.2. The van der Waals surface area contributed by atoms with Gasteiger partial charge in [0.15, 0.2) is 0 Å². The smallest absolute Gasteiger partial charge is 0.215 e. The fourth-order valence-electron chi connectivity index (χ4n) is 1.71. The van der Waals surface area contributed by atoms with Gasteiger partial charge in [-0.1, -0.05) is 26.0 Å². The van der Waals surface area contributed by atoms with E-state index in [1.54, 1.807) is 6.92 Å². The van der Waals surface area contributed by atoms with E-state index >= 15 is 0 Å². The Hall–Kier alpha value is -1.11. The van der Waals surface area contributed by atoms with Gasteiger partial charge in [-0.25, -0.2) is 13.1 Å². The topological polar surface area (TPSA) is 67.4 Å². The first-order valence-corrected chi connectivity index (χ1v) is 8.77. The van der Waals surface area contributed by atoms with E-state index in [2.05, 4.69) is 10.0 Å². The van der Waals surface area contributed by atoms with Crippen LogP contribution in [0.4, 0.5) is 0 Å². The van der Waals surface area contributed by atoms with Crippen molar-refractivity contribution in [2.45, 2.75) is 39.0 Å². The van der Waals surface area contributed by atoms with Crippen LogP contribution in [0, 0.1) is 6.92 Å². The van der Waals surface area contributed by atoms with Crippen molar-refractivity contribution in [3.05, 3.63) is 29.8 Å². The molecule has 1 atom stereocenters. The number of rotatable bonds is 9. The number of sulfonamides is 1. The monoisotopic (exact) mass is 314 g/mol. The molecule has 0 amide bonds. The molecule has 1 unspecified atom stereocenters. The van der Waals surface area contributed by atoms with Gasteiger partial charge in [0.05, 0.1) is 5.25 Å². The van der Waals surface area contributed by atoms with Gasteiger partial charge in [0.25, 0.3) is 0 Å². The summed E-state index contributed by atoms with van der Waals surface area (Å²) in [6, 6.07) is 7.95. The van der Waals surface area contributed by atoms with Crippen LogP contribution < -0.4 is 14.8 Å². The second kappa shape index (κ2) is 8.36. The summed E-state index contributed by atoms with van der Waals surface area (Å²) in [6.45, 7) is 8.67. The van der Waals surface area contributed by atoms with Crippen LogP contribution in [0.25, 0.3) is 0 Å². The molecule has 0 aromatic heterocycles. The Morgan fingerprint density at radius 2 is 1.95 bits per heavy atom. The zero-order valence-electron chi connectivity index (χ0n) is 13.2. The molecule has 2 N–H and O–H groups in total. The first kappa shape index (κ1) is 17.9. The lowest BCUT2D eigenvalue weighted by Crippen LogP contribution is -2.41. The number of ether oxygens (including phenoxy) is 1. The summed E-state index contributed by atoms with van der Waals surface area (Å²) in [6.07, 6.45) is 0. The van der Waals surface area contributed by atoms with Crippen LogP contribution in [0.1, 0.15) is 26.3 Å². The summed E-state index contributed by atoms with van der Waals surface area (Å²) in [5.41, 5.74) is 1.11. The number of hydrogen-bond acceptors (Lipinski definition) is 4. The Morgan fingerprint density at radius 1 is 1.24 bits per heavy atom. The van der Waals surface area contributed by atoms with E-state index in [0.29, 0.717) is 13.2 Å². The molecule has 120 valence electrons. The summed E-state index contributed by atoms with van der Waals surface area (Å²) in [4.78, 5) is 0. The Balaban J connectivity index is 2.33. The van der Waals surface area contributed by atoms with Crippen molar-refractivity contribution in [1.29, 1.82) is 0 Å². The van der Waals surface area contributed by atoms with Crippen LogP contribution in [-0.2, 0) is 10.0 Å². The molecule has 1 aromatic rings. The summed E-state index contributed by atoms with van der Waals surface area (Å²) in [5, 5.41) is 2.65. The highest BCUT2D eigenvalue weighted by molar-refractivity contribution is 7.90. The maximum absolute atomic E-state index is 12.0. The molecule has 0 saturated carbocycles. The molecule has 0 aliphatic heterocycles. The molecule has 0 fully saturated rings. The SMILES string of the molecule is Cc1cccc(OCCNS(=O)(=O)C(C)CNC(C)C)c1. The maximum atomic E-state index is 12.0. The predicted molar refractivity (Wildman–Crippen MR) is 86.2 cm³/mol. The minimum Gasteiger partial charge on any atom is -0.492 e. The first-order chi connectivity index (χ1) is 9.81. The first-order valence-electron chi connectivity index (χ1n) is 7.22. The van der Waals surface area contributed by atoms with Crippen molar-refractivity contribution in [2.75, 3.05) is 19.7 Å². The van der Waals surface area contributed by atoms with Crippen molar-refractivity contribution in [2.24, 2.45) is 0 Å². The van der Waals surface area contributed by atoms with E-state index < -0.39 is 15.3 Å². The Labute approximate surface area is 128 Å². The summed E-state index contributed by atoms with van der Waals surface area (Å²) in [7, 11) is -3.31. The van der Waals surface area contributed by atoms with Gasteiger partial charge in [0.1, 0.15) is 12.4 Å². The molecule has 0 aliphatic rings. The van der Waals surface area contributed by atoms with E-state index in [9.17, 15) is 8.42 Å². The molecule has 0 bridgehead atoms. The van der Waals surface area contributed by atoms with Crippen LogP contribution in [0.2, 0.25) is 0 Å². The van der Waals surface area contributed by atoms with E-state index in [4.69, 9.17) is 4.74 Å². The quantitative estimate of drug-likeness (QED) is 0.681. The van der Waals surface area contributed by atoms with E-state index in [-0.39, 0.29) is 12.6 Å². The lowest BCUT2D eigenvalue weighted by molar-refractivity contribution is 0.322. The molecule has 1 rings (SSSR count). The third kappa shape index (κ3) is 6.93. The van der Waals surface area contributed by atoms with Gasteiger partial charge in [0.2, 0.25) is 10.0 Å². The van der Waals surface area contributed by atoms with Crippen LogP contribution in [0.3, 0.4) is 0 Å². The average Bonchev–Trinajstić information content (AvgIpc) is 2.41. The van der Waals surface area contributed by atoms with Crippen molar-refractivity contribution in [3.63, 3.8) is 0 Å². The molecule has 0 saturated heterocycles. The second-order valence-corrected chi connectivity index (χ2v) is 7.66. The molecule has 6 heteroatoms. The van der Waals surface area contributed by atoms with Gasteiger partial charge in [-0.15, -0.1) is 0 Å². The van der Waals surface area contributed by atoms with Gasteiger partial charge in [-0.3, -0.25) is 0 Å². The lowest BCUT2D eigenvalue weighted by Gasteiger charge is -2.16. The van der Waals surface area contributed by atoms with Crippen molar-refractivity contribution >= 4 is 10.0 Å². The van der Waals surface area contributed by atoms with Gasteiger partial charge in [0, 0.05) is 19.1 Å². The number of nitrogens with one attached hydrogen (secondary N) is 2. The normalized spacial score (nSPS) is 13.4. The van der Waals surface area contributed by atoms with E-state index in [1.807, 2.05) is 45.0 Å². The Morgan fingerprint density at radius 3 is 2.57 bits per heavy atom. The fraction of sp³-hybridized carbons (Fsp3) is 0.600. The third-order valence-electron chi connectivity index (χ3n) is 3.01. The fourth-order valence-corrected chi connectivity index (χ4v) is 2.68. The molecule has 1 aromatic carbocycles. The van der Waals surface area contributed by atoms with Crippen molar-refractivity contribution < 1.29 is 13.2 Å². The second-order valence-electron chi connectivity index (χ2n) is 5.48. The molecule has 21 heavy (non-hydrogen) atoms. The summed E-state index contributed by atoms with van der Waals surface area (Å²) < 4.78 is 32.1. The molecule has 0 spiro atoms. The van der Waals surface area contributed by atoms with Gasteiger partial charge in [-0.2, -0.15) is 0 Å². The average molecular weight is 314 g/mol. The van der Waals surface area contributed by atoms with Gasteiger partial charge in [-0.05, 0) is 31.5 Å². The zero-order valence-corrected chi connectivity index (χ0v) is 14.0. The van der Waals surface area contributed by atoms with E-state index in [0.717, 1.165) is 11.3 Å². The van der Waals surface area contributed by atoms with Crippen LogP contribution in [0.15, 0.2) is 24.3 Å². The van der Waals surface area contributed by atoms with Crippen molar-refractivity contribution in [1.82, 2.24) is 10.0 Å². The Bertz CT molecular complexity index is 529. The molecule has 0 heterocycles. The number of aryl methyl sites for hydroxylation is 1. The standard InChI is InChI=1S/C15H26N2O3S/c1-12(2)16-11-14(4)21(18,19)17-8-9-20-15-7-5-6-13(3)10-15/h5-7,10,12,14,16-17H,8-9,11H2,1-4H3.